The first-order valence-electron chi connectivity index (χ1n) is 5.69. The van der Waals surface area contributed by atoms with E-state index in [0.717, 1.165) is 12.8 Å². The van der Waals surface area contributed by atoms with E-state index in [1.54, 1.807) is 0 Å². The quantitative estimate of drug-likeness (QED) is 0.642. The van der Waals surface area contributed by atoms with Crippen molar-refractivity contribution in [3.63, 3.8) is 0 Å². The fraction of sp³-hybridized carbons (Fsp3) is 0.417. The molecule has 0 aromatic heterocycles. The first kappa shape index (κ1) is 12.3. The van der Waals surface area contributed by atoms with Crippen LogP contribution >= 0.6 is 0 Å². The Hall–Kier alpha value is -2.13. The van der Waals surface area contributed by atoms with Crippen molar-refractivity contribution < 1.29 is 9.66 Å². The zero-order chi connectivity index (χ0) is 13.1. The fourth-order valence-corrected chi connectivity index (χ4v) is 1.96. The first-order chi connectivity index (χ1) is 8.63. The standard InChI is InChI=1S/C12H13N3O3/c13-6-8-3-11(4-8)18-12-2-1-10(15(16)17)5-9(12)7-14/h1-2,5,8,11H,3-4,6,13H2. The molecule has 2 N–H and O–H groups in total. The Balaban J connectivity index is 2.09. The highest BCUT2D eigenvalue weighted by Crippen LogP contribution is 2.32. The molecule has 0 atom stereocenters. The summed E-state index contributed by atoms with van der Waals surface area (Å²) in [6.45, 7) is 0.644. The van der Waals surface area contributed by atoms with Gasteiger partial charge in [-0.1, -0.05) is 0 Å². The number of nitro benzene ring substituents is 1. The van der Waals surface area contributed by atoms with E-state index in [1.807, 2.05) is 6.07 Å². The van der Waals surface area contributed by atoms with Gasteiger partial charge in [0.05, 0.1) is 11.0 Å². The lowest BCUT2D eigenvalue weighted by Gasteiger charge is -2.34. The minimum absolute atomic E-state index is 0.0621. The number of non-ortho nitro benzene ring substituents is 1. The number of nitriles is 1. The van der Waals surface area contributed by atoms with Gasteiger partial charge in [0.25, 0.3) is 5.69 Å². The predicted molar refractivity (Wildman–Crippen MR) is 64.0 cm³/mol. The van der Waals surface area contributed by atoms with Crippen LogP contribution in [0.4, 0.5) is 5.69 Å². The normalized spacial score (nSPS) is 21.8. The van der Waals surface area contributed by atoms with Crippen LogP contribution < -0.4 is 10.5 Å². The monoisotopic (exact) mass is 247 g/mol. The Morgan fingerprint density at radius 3 is 2.83 bits per heavy atom. The molecule has 0 radical (unpaired) electrons. The second-order valence-corrected chi connectivity index (χ2v) is 4.36. The van der Waals surface area contributed by atoms with E-state index in [0.29, 0.717) is 18.2 Å². The van der Waals surface area contributed by atoms with Gasteiger partial charge in [-0.05, 0) is 31.4 Å². The molecule has 1 aromatic rings. The minimum Gasteiger partial charge on any atom is -0.489 e. The molecule has 1 aliphatic rings. The summed E-state index contributed by atoms with van der Waals surface area (Å²) in [7, 11) is 0. The molecule has 1 aliphatic carbocycles. The van der Waals surface area contributed by atoms with Gasteiger partial charge < -0.3 is 10.5 Å². The lowest BCUT2D eigenvalue weighted by atomic mass is 9.82. The molecule has 18 heavy (non-hydrogen) atoms. The molecule has 0 spiro atoms. The third-order valence-electron chi connectivity index (χ3n) is 3.11. The van der Waals surface area contributed by atoms with Crippen LogP contribution in [-0.2, 0) is 0 Å². The van der Waals surface area contributed by atoms with E-state index in [1.165, 1.54) is 18.2 Å². The Bertz CT molecular complexity index is 504. The molecule has 6 heteroatoms. The molecule has 1 saturated carbocycles. The zero-order valence-corrected chi connectivity index (χ0v) is 9.70. The summed E-state index contributed by atoms with van der Waals surface area (Å²) in [4.78, 5) is 10.1. The maximum absolute atomic E-state index is 10.6. The van der Waals surface area contributed by atoms with Gasteiger partial charge in [-0.25, -0.2) is 0 Å². The summed E-state index contributed by atoms with van der Waals surface area (Å²) < 4.78 is 5.64. The molecule has 0 bridgehead atoms. The van der Waals surface area contributed by atoms with E-state index in [-0.39, 0.29) is 17.4 Å². The van der Waals surface area contributed by atoms with Crippen molar-refractivity contribution in [1.82, 2.24) is 0 Å². The van der Waals surface area contributed by atoms with Crippen LogP contribution in [-0.4, -0.2) is 17.6 Å². The van der Waals surface area contributed by atoms with Crippen LogP contribution in [0, 0.1) is 27.4 Å². The third-order valence-corrected chi connectivity index (χ3v) is 3.11. The number of nitrogens with two attached hydrogens (primary N) is 1. The lowest BCUT2D eigenvalue weighted by Crippen LogP contribution is -2.37. The molecule has 0 amide bonds. The summed E-state index contributed by atoms with van der Waals surface area (Å²) in [5.74, 6) is 0.891. The number of nitro groups is 1. The van der Waals surface area contributed by atoms with Crippen molar-refractivity contribution >= 4 is 5.69 Å². The predicted octanol–water partition coefficient (Wildman–Crippen LogP) is 1.58. The SMILES string of the molecule is N#Cc1cc([N+](=O)[O-])ccc1OC1CC(CN)C1. The van der Waals surface area contributed by atoms with Crippen LogP contribution in [0.25, 0.3) is 0 Å². The summed E-state index contributed by atoms with van der Waals surface area (Å²) >= 11 is 0. The second-order valence-electron chi connectivity index (χ2n) is 4.36. The van der Waals surface area contributed by atoms with Crippen molar-refractivity contribution in [3.05, 3.63) is 33.9 Å². The summed E-state index contributed by atoms with van der Waals surface area (Å²) in [6, 6.07) is 5.97. The van der Waals surface area contributed by atoms with Crippen molar-refractivity contribution in [2.45, 2.75) is 18.9 Å². The van der Waals surface area contributed by atoms with Gasteiger partial charge >= 0.3 is 0 Å². The van der Waals surface area contributed by atoms with E-state index in [9.17, 15) is 10.1 Å². The minimum atomic E-state index is -0.529. The van der Waals surface area contributed by atoms with Crippen LogP contribution in [0.2, 0.25) is 0 Å². The van der Waals surface area contributed by atoms with Gasteiger partial charge in [0, 0.05) is 12.1 Å². The maximum Gasteiger partial charge on any atom is 0.271 e. The Morgan fingerprint density at radius 2 is 2.28 bits per heavy atom. The highest BCUT2D eigenvalue weighted by atomic mass is 16.6. The first-order valence-corrected chi connectivity index (χ1v) is 5.69. The largest absolute Gasteiger partial charge is 0.489 e. The molecule has 0 unspecified atom stereocenters. The zero-order valence-electron chi connectivity index (χ0n) is 9.70. The molecule has 0 aliphatic heterocycles. The Kier molecular flexibility index (Phi) is 3.44. The number of benzene rings is 1. The number of hydrogen-bond acceptors (Lipinski definition) is 5. The van der Waals surface area contributed by atoms with Gasteiger partial charge in [-0.3, -0.25) is 10.1 Å². The van der Waals surface area contributed by atoms with Gasteiger partial charge in [-0.2, -0.15) is 5.26 Å². The Labute approximate surface area is 104 Å². The van der Waals surface area contributed by atoms with Crippen LogP contribution in [0.15, 0.2) is 18.2 Å². The van der Waals surface area contributed by atoms with Gasteiger partial charge in [0.15, 0.2) is 0 Å². The average Bonchev–Trinajstić information content (AvgIpc) is 2.32. The van der Waals surface area contributed by atoms with E-state index in [4.69, 9.17) is 15.7 Å². The smallest absolute Gasteiger partial charge is 0.271 e. The molecule has 1 fully saturated rings. The molecule has 0 heterocycles. The van der Waals surface area contributed by atoms with Crippen molar-refractivity contribution in [2.24, 2.45) is 11.7 Å². The molecule has 94 valence electrons. The Morgan fingerprint density at radius 1 is 1.56 bits per heavy atom. The number of ether oxygens (including phenoxy) is 1. The lowest BCUT2D eigenvalue weighted by molar-refractivity contribution is -0.384. The summed E-state index contributed by atoms with van der Waals surface area (Å²) in [5, 5.41) is 19.5. The molecular formula is C12H13N3O3. The maximum atomic E-state index is 10.6. The fourth-order valence-electron chi connectivity index (χ4n) is 1.96. The second kappa shape index (κ2) is 5.02. The van der Waals surface area contributed by atoms with Gasteiger partial charge in [0.1, 0.15) is 17.4 Å². The topological polar surface area (TPSA) is 102 Å². The molecule has 0 saturated heterocycles. The van der Waals surface area contributed by atoms with Crippen LogP contribution in [0.3, 0.4) is 0 Å². The molecular weight excluding hydrogens is 234 g/mol. The van der Waals surface area contributed by atoms with Gasteiger partial charge in [0.2, 0.25) is 0 Å². The molecule has 1 aromatic carbocycles. The molecule has 2 rings (SSSR count). The van der Waals surface area contributed by atoms with E-state index >= 15 is 0 Å². The molecule has 6 nitrogen and oxygen atoms in total. The van der Waals surface area contributed by atoms with Crippen molar-refractivity contribution in [2.75, 3.05) is 6.54 Å². The van der Waals surface area contributed by atoms with Gasteiger partial charge in [-0.15, -0.1) is 0 Å². The van der Waals surface area contributed by atoms with E-state index < -0.39 is 4.92 Å². The number of nitrogens with zero attached hydrogens (tertiary/aromatic N) is 2. The number of rotatable bonds is 4. The highest BCUT2D eigenvalue weighted by molar-refractivity contribution is 5.50. The summed E-state index contributed by atoms with van der Waals surface area (Å²) in [5.41, 5.74) is 5.61. The van der Waals surface area contributed by atoms with Crippen LogP contribution in [0.1, 0.15) is 18.4 Å². The third kappa shape index (κ3) is 2.41. The number of hydrogen-bond donors (Lipinski definition) is 1. The highest BCUT2D eigenvalue weighted by Gasteiger charge is 2.30. The summed E-state index contributed by atoms with van der Waals surface area (Å²) in [6.07, 6.45) is 1.81. The average molecular weight is 247 g/mol. The van der Waals surface area contributed by atoms with E-state index in [2.05, 4.69) is 0 Å². The van der Waals surface area contributed by atoms with Crippen molar-refractivity contribution in [1.29, 1.82) is 5.26 Å². The van der Waals surface area contributed by atoms with Crippen LogP contribution in [0.5, 0.6) is 5.75 Å². The van der Waals surface area contributed by atoms with Crippen molar-refractivity contribution in [3.8, 4) is 11.8 Å².